The predicted molar refractivity (Wildman–Crippen MR) is 80.3 cm³/mol. The van der Waals surface area contributed by atoms with Gasteiger partial charge in [-0.05, 0) is 38.5 Å². The number of hydrogen-bond donors (Lipinski definition) is 0. The highest BCUT2D eigenvalue weighted by Gasteiger charge is 2.17. The lowest BCUT2D eigenvalue weighted by molar-refractivity contribution is -0.131. The molecular weight excluding hydrogens is 236 g/mol. The number of rotatable bonds is 5. The second kappa shape index (κ2) is 11.0. The zero-order chi connectivity index (χ0) is 13.8. The Kier molecular flexibility index (Phi) is 9.34. The third kappa shape index (κ3) is 7.99. The summed E-state index contributed by atoms with van der Waals surface area (Å²) < 4.78 is 5.79. The van der Waals surface area contributed by atoms with Crippen LogP contribution in [0.4, 0.5) is 0 Å². The average Bonchev–Trinajstić information content (AvgIpc) is 2.41. The van der Waals surface area contributed by atoms with E-state index in [1.807, 2.05) is 0 Å². The van der Waals surface area contributed by atoms with Crippen molar-refractivity contribution in [2.45, 2.75) is 70.8 Å². The van der Waals surface area contributed by atoms with Crippen LogP contribution in [0.3, 0.4) is 0 Å². The van der Waals surface area contributed by atoms with E-state index in [-0.39, 0.29) is 11.9 Å². The van der Waals surface area contributed by atoms with Crippen LogP contribution in [0.15, 0.2) is 24.3 Å². The minimum Gasteiger partial charge on any atom is -0.370 e. The quantitative estimate of drug-likeness (QED) is 0.536. The fraction of sp³-hybridized carbons (Fsp3) is 0.706. The molecule has 2 heteroatoms. The van der Waals surface area contributed by atoms with Crippen LogP contribution in [-0.4, -0.2) is 18.5 Å². The van der Waals surface area contributed by atoms with Crippen molar-refractivity contribution in [1.82, 2.24) is 0 Å². The van der Waals surface area contributed by atoms with E-state index in [9.17, 15) is 4.79 Å². The molecule has 1 unspecified atom stereocenters. The van der Waals surface area contributed by atoms with E-state index in [0.29, 0.717) is 6.42 Å². The molecule has 0 aromatic heterocycles. The highest BCUT2D eigenvalue weighted by atomic mass is 16.5. The number of unbranched alkanes of at least 4 members (excludes halogenated alkanes) is 2. The standard InChI is InChI=1S/C17H28O2/c1-2-3-12-15-19-17-14-11-9-7-5-4-6-8-10-13-16(17)18/h6-9,17H,2-5,10-15H2,1H3. The molecule has 1 aliphatic carbocycles. The SMILES string of the molecule is CCCCCOC1CCC=CCCC=CCCC1=O. The van der Waals surface area contributed by atoms with Crippen LogP contribution in [0.2, 0.25) is 0 Å². The maximum Gasteiger partial charge on any atom is 0.161 e. The average molecular weight is 264 g/mol. The molecule has 1 aliphatic rings. The first kappa shape index (κ1) is 16.2. The van der Waals surface area contributed by atoms with Crippen molar-refractivity contribution in [2.24, 2.45) is 0 Å². The van der Waals surface area contributed by atoms with Gasteiger partial charge in [-0.1, -0.05) is 44.1 Å². The largest absolute Gasteiger partial charge is 0.370 e. The normalized spacial score (nSPS) is 21.9. The minimum atomic E-state index is -0.186. The summed E-state index contributed by atoms with van der Waals surface area (Å²) in [4.78, 5) is 12.1. The molecule has 2 nitrogen and oxygen atoms in total. The van der Waals surface area contributed by atoms with E-state index in [0.717, 1.165) is 45.1 Å². The summed E-state index contributed by atoms with van der Waals surface area (Å²) in [5.74, 6) is 0.273. The maximum atomic E-state index is 12.1. The predicted octanol–water partition coefficient (Wildman–Crippen LogP) is 4.60. The van der Waals surface area contributed by atoms with Crippen LogP contribution in [0.1, 0.15) is 64.7 Å². The summed E-state index contributed by atoms with van der Waals surface area (Å²) in [6, 6.07) is 0. The Morgan fingerprint density at radius 1 is 1.05 bits per heavy atom. The van der Waals surface area contributed by atoms with Crippen LogP contribution in [0.5, 0.6) is 0 Å². The number of ketones is 1. The first-order valence-corrected chi connectivity index (χ1v) is 7.79. The Balaban J connectivity index is 2.41. The molecule has 0 saturated heterocycles. The molecular formula is C17H28O2. The minimum absolute atomic E-state index is 0.186. The summed E-state index contributed by atoms with van der Waals surface area (Å²) >= 11 is 0. The molecule has 0 bridgehead atoms. The molecule has 0 N–H and O–H groups in total. The van der Waals surface area contributed by atoms with Crippen LogP contribution >= 0.6 is 0 Å². The van der Waals surface area contributed by atoms with Crippen molar-refractivity contribution in [1.29, 1.82) is 0 Å². The molecule has 0 aliphatic heterocycles. The molecule has 19 heavy (non-hydrogen) atoms. The molecule has 1 atom stereocenters. The Morgan fingerprint density at radius 2 is 1.74 bits per heavy atom. The van der Waals surface area contributed by atoms with Gasteiger partial charge < -0.3 is 4.74 Å². The van der Waals surface area contributed by atoms with E-state index in [1.165, 1.54) is 12.8 Å². The second-order valence-corrected chi connectivity index (χ2v) is 5.17. The van der Waals surface area contributed by atoms with Crippen LogP contribution in [0, 0.1) is 0 Å². The molecule has 0 aromatic carbocycles. The number of carbonyl (C=O) groups excluding carboxylic acids is 1. The van der Waals surface area contributed by atoms with Crippen LogP contribution in [-0.2, 0) is 9.53 Å². The van der Waals surface area contributed by atoms with Gasteiger partial charge in [0.1, 0.15) is 6.10 Å². The van der Waals surface area contributed by atoms with Crippen molar-refractivity contribution in [3.63, 3.8) is 0 Å². The highest BCUT2D eigenvalue weighted by molar-refractivity contribution is 5.83. The van der Waals surface area contributed by atoms with Crippen molar-refractivity contribution < 1.29 is 9.53 Å². The van der Waals surface area contributed by atoms with Crippen molar-refractivity contribution in [3.8, 4) is 0 Å². The van der Waals surface area contributed by atoms with E-state index in [2.05, 4.69) is 31.2 Å². The second-order valence-electron chi connectivity index (χ2n) is 5.17. The van der Waals surface area contributed by atoms with Gasteiger partial charge in [-0.15, -0.1) is 0 Å². The van der Waals surface area contributed by atoms with Crippen LogP contribution < -0.4 is 0 Å². The maximum absolute atomic E-state index is 12.1. The molecule has 0 radical (unpaired) electrons. The molecule has 0 heterocycles. The molecule has 1 rings (SSSR count). The Labute approximate surface area is 117 Å². The zero-order valence-corrected chi connectivity index (χ0v) is 12.3. The summed E-state index contributed by atoms with van der Waals surface area (Å²) in [5.41, 5.74) is 0. The smallest absolute Gasteiger partial charge is 0.161 e. The number of hydrogen-bond acceptors (Lipinski definition) is 2. The van der Waals surface area contributed by atoms with Gasteiger partial charge in [0.2, 0.25) is 0 Å². The Hall–Kier alpha value is -0.890. The van der Waals surface area contributed by atoms with Crippen molar-refractivity contribution in [2.75, 3.05) is 6.61 Å². The van der Waals surface area contributed by atoms with Gasteiger partial charge >= 0.3 is 0 Å². The fourth-order valence-electron chi connectivity index (χ4n) is 2.21. The molecule has 0 fully saturated rings. The van der Waals surface area contributed by atoms with E-state index >= 15 is 0 Å². The van der Waals surface area contributed by atoms with E-state index in [4.69, 9.17) is 4.74 Å². The number of carbonyl (C=O) groups is 1. The molecule has 0 amide bonds. The van der Waals surface area contributed by atoms with Crippen LogP contribution in [0.25, 0.3) is 0 Å². The lowest BCUT2D eigenvalue weighted by Crippen LogP contribution is -2.24. The third-order valence-electron chi connectivity index (χ3n) is 3.41. The number of allylic oxidation sites excluding steroid dienone is 4. The first-order valence-electron chi connectivity index (χ1n) is 7.79. The highest BCUT2D eigenvalue weighted by Crippen LogP contribution is 2.12. The van der Waals surface area contributed by atoms with Gasteiger partial charge in [-0.3, -0.25) is 4.79 Å². The Morgan fingerprint density at radius 3 is 2.47 bits per heavy atom. The van der Waals surface area contributed by atoms with Gasteiger partial charge in [0, 0.05) is 13.0 Å². The molecule has 0 saturated carbocycles. The van der Waals surface area contributed by atoms with E-state index < -0.39 is 0 Å². The summed E-state index contributed by atoms with van der Waals surface area (Å²) in [7, 11) is 0. The third-order valence-corrected chi connectivity index (χ3v) is 3.41. The summed E-state index contributed by atoms with van der Waals surface area (Å²) in [6.07, 6.45) is 17.4. The first-order chi connectivity index (χ1) is 9.34. The Bertz CT molecular complexity index is 292. The van der Waals surface area contributed by atoms with Crippen molar-refractivity contribution >= 4 is 5.78 Å². The molecule has 108 valence electrons. The monoisotopic (exact) mass is 264 g/mol. The van der Waals surface area contributed by atoms with E-state index in [1.54, 1.807) is 0 Å². The molecule has 0 spiro atoms. The number of Topliss-reactive ketones (excluding diaryl/α,β-unsaturated/α-hetero) is 1. The lowest BCUT2D eigenvalue weighted by Gasteiger charge is -2.16. The van der Waals surface area contributed by atoms with Gasteiger partial charge in [0.15, 0.2) is 5.78 Å². The lowest BCUT2D eigenvalue weighted by atomic mass is 10.0. The fourth-order valence-corrected chi connectivity index (χ4v) is 2.21. The zero-order valence-electron chi connectivity index (χ0n) is 12.3. The number of ether oxygens (including phenoxy) is 1. The van der Waals surface area contributed by atoms with Gasteiger partial charge in [0.25, 0.3) is 0 Å². The van der Waals surface area contributed by atoms with Gasteiger partial charge in [0.05, 0.1) is 0 Å². The van der Waals surface area contributed by atoms with Gasteiger partial charge in [-0.25, -0.2) is 0 Å². The summed E-state index contributed by atoms with van der Waals surface area (Å²) in [5, 5.41) is 0. The molecule has 0 aromatic rings. The summed E-state index contributed by atoms with van der Waals surface area (Å²) in [6.45, 7) is 2.90. The van der Waals surface area contributed by atoms with Gasteiger partial charge in [-0.2, -0.15) is 0 Å². The van der Waals surface area contributed by atoms with Crippen molar-refractivity contribution in [3.05, 3.63) is 24.3 Å². The topological polar surface area (TPSA) is 26.3 Å².